The standard InChI is InChI=1S/C7H5F2NS/c1-3-5-4-10-6(11-5)7(2,8)9/h1,4H,2H3. The number of alkyl halides is 2. The lowest BCUT2D eigenvalue weighted by atomic mass is 10.4. The molecule has 0 atom stereocenters. The molecule has 1 aromatic heterocycles. The van der Waals surface area contributed by atoms with Gasteiger partial charge in [-0.2, -0.15) is 8.78 Å². The van der Waals surface area contributed by atoms with Gasteiger partial charge in [-0.3, -0.25) is 0 Å². The number of halogens is 2. The molecule has 0 amide bonds. The molecule has 0 aliphatic heterocycles. The number of terminal acetylenes is 1. The number of nitrogens with zero attached hydrogens (tertiary/aromatic N) is 1. The van der Waals surface area contributed by atoms with Crippen molar-refractivity contribution in [2.45, 2.75) is 12.8 Å². The van der Waals surface area contributed by atoms with Crippen LogP contribution in [0.2, 0.25) is 0 Å². The van der Waals surface area contributed by atoms with Gasteiger partial charge in [-0.05, 0) is 0 Å². The van der Waals surface area contributed by atoms with Crippen LogP contribution in [-0.4, -0.2) is 4.98 Å². The van der Waals surface area contributed by atoms with Crippen molar-refractivity contribution >= 4 is 11.3 Å². The highest BCUT2D eigenvalue weighted by Gasteiger charge is 2.27. The fourth-order valence-electron chi connectivity index (χ4n) is 0.544. The van der Waals surface area contributed by atoms with Gasteiger partial charge in [0.1, 0.15) is 0 Å². The molecule has 0 saturated carbocycles. The molecule has 11 heavy (non-hydrogen) atoms. The molecule has 0 N–H and O–H groups in total. The molecule has 0 spiro atoms. The predicted molar refractivity (Wildman–Crippen MR) is 39.6 cm³/mol. The van der Waals surface area contributed by atoms with Gasteiger partial charge in [0.2, 0.25) is 0 Å². The minimum atomic E-state index is -2.88. The molecule has 0 radical (unpaired) electrons. The van der Waals surface area contributed by atoms with Crippen LogP contribution in [0.4, 0.5) is 8.78 Å². The van der Waals surface area contributed by atoms with Gasteiger partial charge < -0.3 is 0 Å². The summed E-state index contributed by atoms with van der Waals surface area (Å²) in [5.74, 6) is -0.633. The zero-order valence-electron chi connectivity index (χ0n) is 5.77. The highest BCUT2D eigenvalue weighted by Crippen LogP contribution is 2.29. The molecule has 58 valence electrons. The first kappa shape index (κ1) is 8.15. The van der Waals surface area contributed by atoms with E-state index in [0.29, 0.717) is 4.88 Å². The van der Waals surface area contributed by atoms with E-state index < -0.39 is 5.92 Å². The Morgan fingerprint density at radius 3 is 2.64 bits per heavy atom. The SMILES string of the molecule is C#Cc1cnc(C(C)(F)F)s1. The Labute approximate surface area is 67.1 Å². The summed E-state index contributed by atoms with van der Waals surface area (Å²) >= 11 is 0.843. The fourth-order valence-corrected chi connectivity index (χ4v) is 1.20. The van der Waals surface area contributed by atoms with Gasteiger partial charge in [0.05, 0.1) is 11.1 Å². The van der Waals surface area contributed by atoms with E-state index in [9.17, 15) is 8.78 Å². The maximum atomic E-state index is 12.5. The maximum absolute atomic E-state index is 12.5. The van der Waals surface area contributed by atoms with Gasteiger partial charge in [0, 0.05) is 6.92 Å². The second kappa shape index (κ2) is 2.59. The molecular weight excluding hydrogens is 168 g/mol. The summed E-state index contributed by atoms with van der Waals surface area (Å²) < 4.78 is 25.0. The van der Waals surface area contributed by atoms with E-state index in [1.807, 2.05) is 0 Å². The van der Waals surface area contributed by atoms with Gasteiger partial charge in [0.25, 0.3) is 5.92 Å². The van der Waals surface area contributed by atoms with E-state index >= 15 is 0 Å². The lowest BCUT2D eigenvalue weighted by Crippen LogP contribution is -2.05. The Bertz CT molecular complexity index is 292. The summed E-state index contributed by atoms with van der Waals surface area (Å²) in [6.45, 7) is 0.798. The molecular formula is C7H5F2NS. The van der Waals surface area contributed by atoms with E-state index in [1.54, 1.807) is 0 Å². The summed E-state index contributed by atoms with van der Waals surface area (Å²) in [6, 6.07) is 0. The van der Waals surface area contributed by atoms with E-state index in [4.69, 9.17) is 6.42 Å². The Balaban J connectivity index is 3.01. The van der Waals surface area contributed by atoms with Crippen LogP contribution in [0.1, 0.15) is 16.8 Å². The summed E-state index contributed by atoms with van der Waals surface area (Å²) in [4.78, 5) is 3.92. The van der Waals surface area contributed by atoms with E-state index in [-0.39, 0.29) is 5.01 Å². The van der Waals surface area contributed by atoms with Crippen molar-refractivity contribution in [1.29, 1.82) is 0 Å². The van der Waals surface area contributed by atoms with Crippen molar-refractivity contribution in [2.75, 3.05) is 0 Å². The highest BCUT2D eigenvalue weighted by atomic mass is 32.1. The molecule has 0 saturated heterocycles. The molecule has 1 nitrogen and oxygen atoms in total. The molecule has 0 fully saturated rings. The highest BCUT2D eigenvalue weighted by molar-refractivity contribution is 7.12. The number of hydrogen-bond acceptors (Lipinski definition) is 2. The van der Waals surface area contributed by atoms with Gasteiger partial charge in [0.15, 0.2) is 5.01 Å². The van der Waals surface area contributed by atoms with E-state index in [1.165, 1.54) is 6.20 Å². The molecule has 1 heterocycles. The Hall–Kier alpha value is -0.950. The smallest absolute Gasteiger partial charge is 0.242 e. The lowest BCUT2D eigenvalue weighted by Gasteiger charge is -2.03. The third kappa shape index (κ3) is 1.75. The summed E-state index contributed by atoms with van der Waals surface area (Å²) in [5.41, 5.74) is 0. The van der Waals surface area contributed by atoms with Gasteiger partial charge >= 0.3 is 0 Å². The minimum absolute atomic E-state index is 0.231. The largest absolute Gasteiger partial charge is 0.296 e. The second-order valence-electron chi connectivity index (χ2n) is 2.06. The van der Waals surface area contributed by atoms with Gasteiger partial charge in [-0.15, -0.1) is 17.8 Å². The van der Waals surface area contributed by atoms with Crippen LogP contribution in [0.3, 0.4) is 0 Å². The average molecular weight is 173 g/mol. The van der Waals surface area contributed by atoms with Crippen LogP contribution in [0, 0.1) is 12.3 Å². The van der Waals surface area contributed by atoms with Crippen LogP contribution in [0.15, 0.2) is 6.20 Å². The van der Waals surface area contributed by atoms with Crippen molar-refractivity contribution in [3.05, 3.63) is 16.1 Å². The third-order valence-corrected chi connectivity index (χ3v) is 2.12. The van der Waals surface area contributed by atoms with Crippen molar-refractivity contribution in [3.63, 3.8) is 0 Å². The molecule has 1 aromatic rings. The lowest BCUT2D eigenvalue weighted by molar-refractivity contribution is 0.0172. The number of aromatic nitrogens is 1. The zero-order valence-corrected chi connectivity index (χ0v) is 6.58. The van der Waals surface area contributed by atoms with Gasteiger partial charge in [-0.25, -0.2) is 4.98 Å². The predicted octanol–water partition coefficient (Wildman–Crippen LogP) is 2.24. The Morgan fingerprint density at radius 2 is 2.36 bits per heavy atom. The topological polar surface area (TPSA) is 12.9 Å². The fraction of sp³-hybridized carbons (Fsp3) is 0.286. The van der Waals surface area contributed by atoms with Crippen molar-refractivity contribution < 1.29 is 8.78 Å². The van der Waals surface area contributed by atoms with Gasteiger partial charge in [-0.1, -0.05) is 5.92 Å². The summed E-state index contributed by atoms with van der Waals surface area (Å²) in [7, 11) is 0. The number of rotatable bonds is 1. The van der Waals surface area contributed by atoms with Crippen molar-refractivity contribution in [1.82, 2.24) is 4.98 Å². The molecule has 1 rings (SSSR count). The van der Waals surface area contributed by atoms with Crippen LogP contribution in [0.5, 0.6) is 0 Å². The molecule has 4 heteroatoms. The van der Waals surface area contributed by atoms with E-state index in [0.717, 1.165) is 18.3 Å². The average Bonchev–Trinajstić information content (AvgIpc) is 2.32. The summed E-state index contributed by atoms with van der Waals surface area (Å²) in [5, 5.41) is -0.231. The maximum Gasteiger partial charge on any atom is 0.296 e. The minimum Gasteiger partial charge on any atom is -0.242 e. The number of hydrogen-bond donors (Lipinski definition) is 0. The Kier molecular flexibility index (Phi) is 1.92. The molecule has 0 aliphatic rings. The van der Waals surface area contributed by atoms with Crippen molar-refractivity contribution in [3.8, 4) is 12.3 Å². The normalized spacial score (nSPS) is 11.1. The molecule has 0 aromatic carbocycles. The van der Waals surface area contributed by atoms with Crippen LogP contribution < -0.4 is 0 Å². The second-order valence-corrected chi connectivity index (χ2v) is 3.09. The first-order chi connectivity index (χ1) is 5.04. The first-order valence-corrected chi connectivity index (χ1v) is 3.66. The quantitative estimate of drug-likeness (QED) is 0.593. The third-order valence-electron chi connectivity index (χ3n) is 1.02. The first-order valence-electron chi connectivity index (χ1n) is 2.85. The molecule has 0 bridgehead atoms. The van der Waals surface area contributed by atoms with Crippen molar-refractivity contribution in [2.24, 2.45) is 0 Å². The molecule has 0 aliphatic carbocycles. The monoisotopic (exact) mass is 173 g/mol. The number of thiazole rings is 1. The zero-order chi connectivity index (χ0) is 8.48. The van der Waals surface area contributed by atoms with Crippen LogP contribution in [-0.2, 0) is 5.92 Å². The Morgan fingerprint density at radius 1 is 1.73 bits per heavy atom. The van der Waals surface area contributed by atoms with E-state index in [2.05, 4.69) is 10.9 Å². The van der Waals surface area contributed by atoms with Crippen LogP contribution in [0.25, 0.3) is 0 Å². The summed E-state index contributed by atoms with van der Waals surface area (Å²) in [6.07, 6.45) is 6.26. The van der Waals surface area contributed by atoms with Crippen LogP contribution >= 0.6 is 11.3 Å². The molecule has 0 unspecified atom stereocenters.